The van der Waals surface area contributed by atoms with Crippen LogP contribution in [0.5, 0.6) is 0 Å². The van der Waals surface area contributed by atoms with Gasteiger partial charge in [-0.25, -0.2) is 0 Å². The van der Waals surface area contributed by atoms with Crippen molar-refractivity contribution in [1.82, 2.24) is 4.90 Å². The van der Waals surface area contributed by atoms with Crippen LogP contribution in [0.15, 0.2) is 12.3 Å². The summed E-state index contributed by atoms with van der Waals surface area (Å²) in [6.07, 6.45) is 15.7. The Morgan fingerprint density at radius 1 is 1.00 bits per heavy atom. The molecule has 1 heteroatoms. The maximum atomic E-state index is 2.48. The molecule has 0 spiro atoms. The maximum Gasteiger partial charge on any atom is 0.0172 e. The molecule has 1 rings (SSSR count). The number of allylic oxidation sites excluding steroid dienone is 1. The molecule has 0 amide bonds. The van der Waals surface area contributed by atoms with Crippen LogP contribution in [0.2, 0.25) is 0 Å². The first-order chi connectivity index (χ1) is 6.93. The van der Waals surface area contributed by atoms with Crippen molar-refractivity contribution in [3.8, 4) is 0 Å². The molecule has 1 fully saturated rings. The average Bonchev–Trinajstić information content (AvgIpc) is 2.25. The molecule has 0 N–H and O–H groups in total. The highest BCUT2D eigenvalue weighted by Gasteiger charge is 2.04. The quantitative estimate of drug-likeness (QED) is 0.580. The number of hydrogen-bond donors (Lipinski definition) is 0. The van der Waals surface area contributed by atoms with E-state index in [4.69, 9.17) is 0 Å². The zero-order valence-electron chi connectivity index (χ0n) is 9.67. The predicted molar refractivity (Wildman–Crippen MR) is 63.3 cm³/mol. The molecular weight excluding hydrogens is 170 g/mol. The number of hydrogen-bond acceptors (Lipinski definition) is 1. The van der Waals surface area contributed by atoms with E-state index in [1.165, 1.54) is 64.5 Å². The van der Waals surface area contributed by atoms with Crippen LogP contribution in [0.3, 0.4) is 0 Å². The van der Waals surface area contributed by atoms with Crippen molar-refractivity contribution in [2.45, 2.75) is 58.3 Å². The van der Waals surface area contributed by atoms with E-state index in [1.54, 1.807) is 0 Å². The molecule has 0 aliphatic carbocycles. The molecule has 1 aliphatic heterocycles. The van der Waals surface area contributed by atoms with Crippen LogP contribution in [0.4, 0.5) is 0 Å². The molecule has 82 valence electrons. The number of piperidine rings is 1. The number of nitrogens with zero attached hydrogens (tertiary/aromatic N) is 1. The highest BCUT2D eigenvalue weighted by Crippen LogP contribution is 2.09. The summed E-state index contributed by atoms with van der Waals surface area (Å²) in [6.45, 7) is 4.83. The molecule has 1 saturated heterocycles. The molecule has 0 saturated carbocycles. The van der Waals surface area contributed by atoms with Crippen LogP contribution in [0.1, 0.15) is 58.3 Å². The van der Waals surface area contributed by atoms with Crippen molar-refractivity contribution in [1.29, 1.82) is 0 Å². The first kappa shape index (κ1) is 11.6. The lowest BCUT2D eigenvalue weighted by Gasteiger charge is -2.24. The van der Waals surface area contributed by atoms with E-state index < -0.39 is 0 Å². The lowest BCUT2D eigenvalue weighted by atomic mass is 10.1. The van der Waals surface area contributed by atoms with Gasteiger partial charge in [-0.2, -0.15) is 0 Å². The Balaban J connectivity index is 1.96. The molecule has 14 heavy (non-hydrogen) atoms. The van der Waals surface area contributed by atoms with Gasteiger partial charge in [0.15, 0.2) is 0 Å². The maximum absolute atomic E-state index is 2.48. The summed E-state index contributed by atoms with van der Waals surface area (Å²) in [5.41, 5.74) is 0. The van der Waals surface area contributed by atoms with Crippen LogP contribution in [-0.4, -0.2) is 18.0 Å². The molecule has 0 aromatic carbocycles. The van der Waals surface area contributed by atoms with Gasteiger partial charge in [-0.1, -0.05) is 32.3 Å². The summed E-state index contributed by atoms with van der Waals surface area (Å²) in [6, 6.07) is 0. The van der Waals surface area contributed by atoms with Crippen molar-refractivity contribution in [2.75, 3.05) is 13.1 Å². The second-order valence-electron chi connectivity index (χ2n) is 4.33. The fourth-order valence-corrected chi connectivity index (χ4v) is 1.98. The summed E-state index contributed by atoms with van der Waals surface area (Å²) in [4.78, 5) is 2.48. The molecule has 0 unspecified atom stereocenters. The Labute approximate surface area is 89.2 Å². The van der Waals surface area contributed by atoms with Crippen molar-refractivity contribution in [3.63, 3.8) is 0 Å². The number of rotatable bonds is 6. The summed E-state index contributed by atoms with van der Waals surface area (Å²) < 4.78 is 0. The van der Waals surface area contributed by atoms with Gasteiger partial charge >= 0.3 is 0 Å². The van der Waals surface area contributed by atoms with Crippen LogP contribution < -0.4 is 0 Å². The standard InChI is InChI=1S/C13H25N/c1-2-3-4-5-6-8-11-14-12-9-7-10-13-14/h8,11H,2-7,9-10,12-13H2,1H3. The molecule has 1 heterocycles. The highest BCUT2D eigenvalue weighted by atomic mass is 15.1. The fraction of sp³-hybridized carbons (Fsp3) is 0.846. The lowest BCUT2D eigenvalue weighted by Crippen LogP contribution is -2.23. The van der Waals surface area contributed by atoms with E-state index in [0.717, 1.165) is 0 Å². The minimum Gasteiger partial charge on any atom is -0.378 e. The second kappa shape index (κ2) is 7.90. The van der Waals surface area contributed by atoms with Crippen LogP contribution in [-0.2, 0) is 0 Å². The summed E-state index contributed by atoms with van der Waals surface area (Å²) in [5.74, 6) is 0. The Hall–Kier alpha value is -0.460. The van der Waals surface area contributed by atoms with Gasteiger partial charge in [0, 0.05) is 13.1 Å². The number of likely N-dealkylation sites (tertiary alicyclic amines) is 1. The van der Waals surface area contributed by atoms with E-state index in [2.05, 4.69) is 24.1 Å². The van der Waals surface area contributed by atoms with E-state index >= 15 is 0 Å². The summed E-state index contributed by atoms with van der Waals surface area (Å²) in [7, 11) is 0. The van der Waals surface area contributed by atoms with E-state index in [1.807, 2.05) is 0 Å². The zero-order chi connectivity index (χ0) is 10.1. The van der Waals surface area contributed by atoms with Crippen LogP contribution in [0, 0.1) is 0 Å². The SMILES string of the molecule is CCCCCCC=CN1CCCCC1. The smallest absolute Gasteiger partial charge is 0.0172 e. The molecule has 0 atom stereocenters. The summed E-state index contributed by atoms with van der Waals surface area (Å²) >= 11 is 0. The number of unbranched alkanes of at least 4 members (excludes halogenated alkanes) is 4. The average molecular weight is 195 g/mol. The van der Waals surface area contributed by atoms with E-state index in [-0.39, 0.29) is 0 Å². The molecule has 0 radical (unpaired) electrons. The minimum atomic E-state index is 1.27. The van der Waals surface area contributed by atoms with Crippen molar-refractivity contribution in [2.24, 2.45) is 0 Å². The van der Waals surface area contributed by atoms with Gasteiger partial charge in [0.05, 0.1) is 0 Å². The van der Waals surface area contributed by atoms with Gasteiger partial charge in [-0.15, -0.1) is 0 Å². The lowest BCUT2D eigenvalue weighted by molar-refractivity contribution is 0.308. The third-order valence-corrected chi connectivity index (χ3v) is 2.93. The Bertz CT molecular complexity index is 145. The second-order valence-corrected chi connectivity index (χ2v) is 4.33. The fourth-order valence-electron chi connectivity index (χ4n) is 1.98. The van der Waals surface area contributed by atoms with Gasteiger partial charge in [-0.3, -0.25) is 0 Å². The topological polar surface area (TPSA) is 3.24 Å². The van der Waals surface area contributed by atoms with Gasteiger partial charge < -0.3 is 4.90 Å². The molecule has 1 nitrogen and oxygen atoms in total. The molecule has 1 aliphatic rings. The van der Waals surface area contributed by atoms with Crippen molar-refractivity contribution in [3.05, 3.63) is 12.3 Å². The largest absolute Gasteiger partial charge is 0.378 e. The first-order valence-electron chi connectivity index (χ1n) is 6.34. The first-order valence-corrected chi connectivity index (χ1v) is 6.34. The molecule has 0 aromatic rings. The third kappa shape index (κ3) is 5.31. The Morgan fingerprint density at radius 2 is 1.79 bits per heavy atom. The van der Waals surface area contributed by atoms with Gasteiger partial charge in [0.2, 0.25) is 0 Å². The van der Waals surface area contributed by atoms with Gasteiger partial charge in [-0.05, 0) is 38.3 Å². The normalized spacial score (nSPS) is 17.9. The van der Waals surface area contributed by atoms with Crippen molar-refractivity contribution >= 4 is 0 Å². The monoisotopic (exact) mass is 195 g/mol. The van der Waals surface area contributed by atoms with Crippen molar-refractivity contribution < 1.29 is 0 Å². The van der Waals surface area contributed by atoms with Crippen LogP contribution >= 0.6 is 0 Å². The minimum absolute atomic E-state index is 1.27. The molecular formula is C13H25N. The van der Waals surface area contributed by atoms with Gasteiger partial charge in [0.25, 0.3) is 0 Å². The van der Waals surface area contributed by atoms with Gasteiger partial charge in [0.1, 0.15) is 0 Å². The summed E-state index contributed by atoms with van der Waals surface area (Å²) in [5, 5.41) is 0. The molecule has 0 bridgehead atoms. The molecule has 0 aromatic heterocycles. The van der Waals surface area contributed by atoms with Crippen LogP contribution in [0.25, 0.3) is 0 Å². The third-order valence-electron chi connectivity index (χ3n) is 2.93. The zero-order valence-corrected chi connectivity index (χ0v) is 9.67. The Morgan fingerprint density at radius 3 is 2.50 bits per heavy atom. The Kier molecular flexibility index (Phi) is 6.55. The predicted octanol–water partition coefficient (Wildman–Crippen LogP) is 3.96. The van der Waals surface area contributed by atoms with E-state index in [0.29, 0.717) is 0 Å². The van der Waals surface area contributed by atoms with E-state index in [9.17, 15) is 0 Å². The highest BCUT2D eigenvalue weighted by molar-refractivity contribution is 4.83.